The van der Waals surface area contributed by atoms with Crippen LogP contribution >= 0.6 is 24.8 Å². The molecule has 2 rings (SSSR count). The molecule has 0 spiro atoms. The average Bonchev–Trinajstić information content (AvgIpc) is 2.39. The molecule has 0 amide bonds. The molecule has 114 valence electrons. The summed E-state index contributed by atoms with van der Waals surface area (Å²) >= 11 is 0. The number of nitro benzene ring substituents is 1. The van der Waals surface area contributed by atoms with Gasteiger partial charge >= 0.3 is 0 Å². The highest BCUT2D eigenvalue weighted by molar-refractivity contribution is 5.85. The first-order valence-electron chi connectivity index (χ1n) is 5.98. The van der Waals surface area contributed by atoms with Crippen LogP contribution in [0.4, 0.5) is 10.1 Å². The monoisotopic (exact) mass is 325 g/mol. The van der Waals surface area contributed by atoms with Crippen molar-refractivity contribution in [1.29, 1.82) is 0 Å². The standard InChI is InChI=1S/C12H16FN3O2.2ClH/c1-9(15-6-4-14-5-7-15)11-8-10(16(17)18)2-3-12(11)13;;/h2-3,8-9,14H,4-7H2,1H3;2*1H/t9-;;/m1../s1. The first-order chi connectivity index (χ1) is 8.59. The Morgan fingerprint density at radius 2 is 1.95 bits per heavy atom. The normalized spacial score (nSPS) is 16.7. The van der Waals surface area contributed by atoms with Crippen LogP contribution in [0.1, 0.15) is 18.5 Å². The molecule has 0 aliphatic carbocycles. The van der Waals surface area contributed by atoms with Crippen LogP contribution in [-0.4, -0.2) is 36.0 Å². The molecule has 0 saturated carbocycles. The van der Waals surface area contributed by atoms with Gasteiger partial charge in [0, 0.05) is 49.9 Å². The van der Waals surface area contributed by atoms with Gasteiger partial charge in [-0.05, 0) is 13.0 Å². The molecule has 1 aromatic carbocycles. The first-order valence-corrected chi connectivity index (χ1v) is 5.98. The number of rotatable bonds is 3. The summed E-state index contributed by atoms with van der Waals surface area (Å²) in [6.45, 7) is 5.25. The first kappa shape index (κ1) is 19.1. The Morgan fingerprint density at radius 1 is 1.35 bits per heavy atom. The maximum absolute atomic E-state index is 13.8. The maximum Gasteiger partial charge on any atom is 0.269 e. The van der Waals surface area contributed by atoms with Crippen LogP contribution in [0.3, 0.4) is 0 Å². The molecule has 1 N–H and O–H groups in total. The van der Waals surface area contributed by atoms with E-state index in [0.29, 0.717) is 5.56 Å². The summed E-state index contributed by atoms with van der Waals surface area (Å²) in [4.78, 5) is 12.4. The van der Waals surface area contributed by atoms with Crippen molar-refractivity contribution in [3.05, 3.63) is 39.7 Å². The lowest BCUT2D eigenvalue weighted by Gasteiger charge is -2.33. The Kier molecular flexibility index (Phi) is 7.96. The van der Waals surface area contributed by atoms with Crippen molar-refractivity contribution in [2.45, 2.75) is 13.0 Å². The second-order valence-electron chi connectivity index (χ2n) is 4.42. The van der Waals surface area contributed by atoms with Gasteiger partial charge in [0.25, 0.3) is 5.69 Å². The Bertz CT molecular complexity index is 456. The average molecular weight is 326 g/mol. The van der Waals surface area contributed by atoms with Gasteiger partial charge in [0.05, 0.1) is 4.92 Å². The molecule has 1 saturated heterocycles. The molecule has 0 radical (unpaired) electrons. The zero-order chi connectivity index (χ0) is 13.1. The van der Waals surface area contributed by atoms with E-state index in [9.17, 15) is 14.5 Å². The molecule has 20 heavy (non-hydrogen) atoms. The predicted octanol–water partition coefficient (Wildman–Crippen LogP) is 2.54. The van der Waals surface area contributed by atoms with E-state index in [1.807, 2.05) is 6.92 Å². The molecule has 1 fully saturated rings. The van der Waals surface area contributed by atoms with Crippen molar-refractivity contribution in [3.8, 4) is 0 Å². The van der Waals surface area contributed by atoms with E-state index in [4.69, 9.17) is 0 Å². The number of halogens is 3. The number of benzene rings is 1. The van der Waals surface area contributed by atoms with Gasteiger partial charge in [-0.15, -0.1) is 24.8 Å². The zero-order valence-corrected chi connectivity index (χ0v) is 12.7. The third kappa shape index (κ3) is 4.28. The predicted molar refractivity (Wildman–Crippen MR) is 80.4 cm³/mol. The van der Waals surface area contributed by atoms with Gasteiger partial charge in [0.1, 0.15) is 5.82 Å². The highest BCUT2D eigenvalue weighted by Crippen LogP contribution is 2.26. The Morgan fingerprint density at radius 3 is 2.50 bits per heavy atom. The van der Waals surface area contributed by atoms with Crippen LogP contribution in [0, 0.1) is 15.9 Å². The van der Waals surface area contributed by atoms with Gasteiger partial charge in [-0.1, -0.05) is 0 Å². The van der Waals surface area contributed by atoms with E-state index in [1.165, 1.54) is 18.2 Å². The van der Waals surface area contributed by atoms with Crippen molar-refractivity contribution < 1.29 is 9.31 Å². The topological polar surface area (TPSA) is 58.4 Å². The van der Waals surface area contributed by atoms with E-state index in [-0.39, 0.29) is 42.4 Å². The molecule has 8 heteroatoms. The van der Waals surface area contributed by atoms with Gasteiger partial charge in [-0.25, -0.2) is 4.39 Å². The molecular formula is C12H18Cl2FN3O2. The highest BCUT2D eigenvalue weighted by Gasteiger charge is 2.22. The number of nitrogens with zero attached hydrogens (tertiary/aromatic N) is 2. The van der Waals surface area contributed by atoms with Crippen LogP contribution in [0.25, 0.3) is 0 Å². The van der Waals surface area contributed by atoms with Gasteiger partial charge in [-0.2, -0.15) is 0 Å². The zero-order valence-electron chi connectivity index (χ0n) is 11.0. The molecule has 1 heterocycles. The maximum atomic E-state index is 13.8. The largest absolute Gasteiger partial charge is 0.314 e. The number of nitro groups is 1. The highest BCUT2D eigenvalue weighted by atomic mass is 35.5. The van der Waals surface area contributed by atoms with Gasteiger partial charge in [0.15, 0.2) is 0 Å². The third-order valence-electron chi connectivity index (χ3n) is 3.34. The van der Waals surface area contributed by atoms with Crippen LogP contribution in [-0.2, 0) is 0 Å². The van der Waals surface area contributed by atoms with Gasteiger partial charge in [-0.3, -0.25) is 15.0 Å². The van der Waals surface area contributed by atoms with E-state index >= 15 is 0 Å². The minimum absolute atomic E-state index is 0. The summed E-state index contributed by atoms with van der Waals surface area (Å²) in [5, 5.41) is 13.9. The molecule has 0 bridgehead atoms. The van der Waals surface area contributed by atoms with Crippen LogP contribution < -0.4 is 5.32 Å². The fraction of sp³-hybridized carbons (Fsp3) is 0.500. The fourth-order valence-electron chi connectivity index (χ4n) is 2.23. The van der Waals surface area contributed by atoms with Crippen molar-refractivity contribution in [1.82, 2.24) is 10.2 Å². The smallest absolute Gasteiger partial charge is 0.269 e. The molecule has 5 nitrogen and oxygen atoms in total. The van der Waals surface area contributed by atoms with Crippen LogP contribution in [0.5, 0.6) is 0 Å². The number of nitrogens with one attached hydrogen (secondary N) is 1. The fourth-order valence-corrected chi connectivity index (χ4v) is 2.23. The minimum Gasteiger partial charge on any atom is -0.314 e. The summed E-state index contributed by atoms with van der Waals surface area (Å²) < 4.78 is 13.8. The van der Waals surface area contributed by atoms with Crippen molar-refractivity contribution in [3.63, 3.8) is 0 Å². The Labute approximate surface area is 129 Å². The number of piperazine rings is 1. The summed E-state index contributed by atoms with van der Waals surface area (Å²) in [5.41, 5.74) is 0.333. The minimum atomic E-state index is -0.493. The molecule has 1 aliphatic rings. The molecule has 0 aromatic heterocycles. The number of non-ortho nitro benzene ring substituents is 1. The van der Waals surface area contributed by atoms with Gasteiger partial charge in [0.2, 0.25) is 0 Å². The second-order valence-corrected chi connectivity index (χ2v) is 4.42. The number of hydrogen-bond acceptors (Lipinski definition) is 4. The van der Waals surface area contributed by atoms with E-state index < -0.39 is 4.92 Å². The molecule has 1 aromatic rings. The van der Waals surface area contributed by atoms with Gasteiger partial charge < -0.3 is 5.32 Å². The van der Waals surface area contributed by atoms with Crippen LogP contribution in [0.2, 0.25) is 0 Å². The lowest BCUT2D eigenvalue weighted by atomic mass is 10.0. The number of hydrogen-bond donors (Lipinski definition) is 1. The third-order valence-corrected chi connectivity index (χ3v) is 3.34. The molecule has 0 unspecified atom stereocenters. The summed E-state index contributed by atoms with van der Waals surface area (Å²) in [6.07, 6.45) is 0. The van der Waals surface area contributed by atoms with Crippen molar-refractivity contribution in [2.75, 3.05) is 26.2 Å². The quantitative estimate of drug-likeness (QED) is 0.685. The summed E-state index contributed by atoms with van der Waals surface area (Å²) in [5.74, 6) is -0.383. The lowest BCUT2D eigenvalue weighted by molar-refractivity contribution is -0.385. The van der Waals surface area contributed by atoms with E-state index in [0.717, 1.165) is 26.2 Å². The Hall–Kier alpha value is -0.950. The van der Waals surface area contributed by atoms with Crippen molar-refractivity contribution in [2.24, 2.45) is 0 Å². The van der Waals surface area contributed by atoms with E-state index in [2.05, 4.69) is 10.2 Å². The second kappa shape index (κ2) is 8.36. The lowest BCUT2D eigenvalue weighted by Crippen LogP contribution is -2.44. The molecule has 1 aliphatic heterocycles. The summed E-state index contributed by atoms with van der Waals surface area (Å²) in [7, 11) is 0. The van der Waals surface area contributed by atoms with Crippen LogP contribution in [0.15, 0.2) is 18.2 Å². The Balaban J connectivity index is 0.00000180. The molecule has 1 atom stereocenters. The van der Waals surface area contributed by atoms with Crippen molar-refractivity contribution >= 4 is 30.5 Å². The summed E-state index contributed by atoms with van der Waals surface area (Å²) in [6, 6.07) is 3.56. The van der Waals surface area contributed by atoms with E-state index in [1.54, 1.807) is 0 Å². The SMILES string of the molecule is C[C@H](c1cc([N+](=O)[O-])ccc1F)N1CCNCC1.Cl.Cl. The molecular weight excluding hydrogens is 308 g/mol.